The maximum absolute atomic E-state index is 14.1. The van der Waals surface area contributed by atoms with Gasteiger partial charge in [-0.25, -0.2) is 14.0 Å². The van der Waals surface area contributed by atoms with Crippen LogP contribution in [0, 0.1) is 5.82 Å². The zero-order valence-electron chi connectivity index (χ0n) is 22.0. The first-order chi connectivity index (χ1) is 19.5. The van der Waals surface area contributed by atoms with Crippen LogP contribution in [0.15, 0.2) is 65.5 Å². The lowest BCUT2D eigenvalue weighted by atomic mass is 9.96. The van der Waals surface area contributed by atoms with Gasteiger partial charge in [-0.1, -0.05) is 12.1 Å². The number of esters is 1. The second-order valence-corrected chi connectivity index (χ2v) is 9.68. The minimum Gasteiger partial charge on any atom is -0.465 e. The minimum absolute atomic E-state index is 0.108. The Labute approximate surface area is 231 Å². The van der Waals surface area contributed by atoms with Crippen LogP contribution in [0.3, 0.4) is 0 Å². The van der Waals surface area contributed by atoms with Gasteiger partial charge in [-0.15, -0.1) is 0 Å². The Morgan fingerprint density at radius 1 is 1.10 bits per heavy atom. The zero-order valence-corrected chi connectivity index (χ0v) is 22.0. The molecule has 0 spiro atoms. The molecule has 1 aliphatic heterocycles. The molecular weight excluding hydrogens is 544 g/mol. The Hall–Kier alpha value is -4.74. The molecule has 1 aliphatic rings. The van der Waals surface area contributed by atoms with E-state index < -0.39 is 41.5 Å². The van der Waals surface area contributed by atoms with Gasteiger partial charge in [0.05, 0.1) is 30.2 Å². The van der Waals surface area contributed by atoms with Crippen molar-refractivity contribution in [1.29, 1.82) is 0 Å². The molecule has 0 bridgehead atoms. The van der Waals surface area contributed by atoms with Crippen LogP contribution in [0.25, 0.3) is 10.9 Å². The second-order valence-electron chi connectivity index (χ2n) is 9.68. The number of likely N-dealkylation sites (N-methyl/N-ethyl adjacent to an activating group) is 1. The predicted molar refractivity (Wildman–Crippen MR) is 144 cm³/mol. The summed E-state index contributed by atoms with van der Waals surface area (Å²) in [5.74, 6) is -1.51. The third-order valence-corrected chi connectivity index (χ3v) is 7.15. The van der Waals surface area contributed by atoms with Crippen molar-refractivity contribution < 1.29 is 31.9 Å². The van der Waals surface area contributed by atoms with Gasteiger partial charge in [-0.3, -0.25) is 9.36 Å². The maximum atomic E-state index is 14.1. The van der Waals surface area contributed by atoms with Crippen molar-refractivity contribution in [3.05, 3.63) is 99.2 Å². The summed E-state index contributed by atoms with van der Waals surface area (Å²) >= 11 is 0. The number of carbonyl (C=O) groups is 2. The van der Waals surface area contributed by atoms with Crippen LogP contribution in [0.5, 0.6) is 0 Å². The number of amides is 1. The van der Waals surface area contributed by atoms with Crippen LogP contribution >= 0.6 is 0 Å². The average Bonchev–Trinajstić information content (AvgIpc) is 2.96. The monoisotopic (exact) mass is 568 g/mol. The fraction of sp³-hybridized carbons (Fsp3) is 0.241. The first kappa shape index (κ1) is 27.8. The lowest BCUT2D eigenvalue weighted by Gasteiger charge is -2.29. The molecular formula is C29H24F4N4O4. The van der Waals surface area contributed by atoms with Gasteiger partial charge in [0, 0.05) is 37.1 Å². The number of aromatic nitrogens is 2. The number of anilines is 2. The Morgan fingerprint density at radius 2 is 1.83 bits per heavy atom. The van der Waals surface area contributed by atoms with E-state index in [-0.39, 0.29) is 17.0 Å². The molecule has 1 unspecified atom stereocenters. The molecule has 2 heterocycles. The zero-order chi connectivity index (χ0) is 29.5. The van der Waals surface area contributed by atoms with Crippen LogP contribution in [0.4, 0.5) is 29.1 Å². The Morgan fingerprint density at radius 3 is 2.51 bits per heavy atom. The van der Waals surface area contributed by atoms with E-state index in [1.165, 1.54) is 29.7 Å². The molecule has 0 fully saturated rings. The molecule has 212 valence electrons. The molecule has 0 aliphatic carbocycles. The smallest absolute Gasteiger partial charge is 0.416 e. The van der Waals surface area contributed by atoms with E-state index in [1.807, 2.05) is 0 Å². The number of alkyl halides is 3. The highest BCUT2D eigenvalue weighted by Crippen LogP contribution is 2.32. The molecule has 3 aromatic carbocycles. The number of hydrogen-bond donors (Lipinski definition) is 1. The SMILES string of the molecule is COC(=O)c1ccc2c3n(c(=O)nc2c1)CC(c1ccc(N(C)C(=O)Cc2cc(C(F)(F)F)ccc2F)cc1)CN3. The number of ether oxygens (including phenoxy) is 1. The Bertz CT molecular complexity index is 1720. The van der Waals surface area contributed by atoms with Crippen molar-refractivity contribution in [3.8, 4) is 0 Å². The molecule has 1 atom stereocenters. The number of rotatable bonds is 5. The van der Waals surface area contributed by atoms with Crippen LogP contribution in [-0.2, 0) is 28.7 Å². The normalized spacial score (nSPS) is 14.7. The highest BCUT2D eigenvalue weighted by Gasteiger charge is 2.31. The third kappa shape index (κ3) is 5.49. The Balaban J connectivity index is 1.32. The molecule has 1 aromatic heterocycles. The maximum Gasteiger partial charge on any atom is 0.416 e. The quantitative estimate of drug-likeness (QED) is 0.276. The second kappa shape index (κ2) is 10.7. The predicted octanol–water partition coefficient (Wildman–Crippen LogP) is 4.76. The van der Waals surface area contributed by atoms with Gasteiger partial charge >= 0.3 is 17.8 Å². The summed E-state index contributed by atoms with van der Waals surface area (Å²) in [5, 5.41) is 3.97. The van der Waals surface area contributed by atoms with Crippen molar-refractivity contribution in [3.63, 3.8) is 0 Å². The molecule has 0 saturated heterocycles. The first-order valence-electron chi connectivity index (χ1n) is 12.5. The first-order valence-corrected chi connectivity index (χ1v) is 12.5. The number of fused-ring (bicyclic) bond motifs is 3. The van der Waals surface area contributed by atoms with E-state index in [4.69, 9.17) is 4.74 Å². The van der Waals surface area contributed by atoms with E-state index in [1.54, 1.807) is 36.4 Å². The Kier molecular flexibility index (Phi) is 7.24. The summed E-state index contributed by atoms with van der Waals surface area (Å²) < 4.78 is 59.5. The molecule has 1 amide bonds. The van der Waals surface area contributed by atoms with Crippen LogP contribution in [0.1, 0.15) is 33.0 Å². The number of nitrogens with one attached hydrogen (secondary N) is 1. The molecule has 5 rings (SSSR count). The van der Waals surface area contributed by atoms with Crippen LogP contribution < -0.4 is 15.9 Å². The van der Waals surface area contributed by atoms with Crippen molar-refractivity contribution in [2.24, 2.45) is 0 Å². The minimum atomic E-state index is -4.65. The summed E-state index contributed by atoms with van der Waals surface area (Å²) in [6.45, 7) is 0.839. The number of benzene rings is 3. The number of methoxy groups -OCH3 is 1. The summed E-state index contributed by atoms with van der Waals surface area (Å²) in [6, 6.07) is 13.8. The van der Waals surface area contributed by atoms with Crippen LogP contribution in [-0.4, -0.2) is 42.1 Å². The number of hydrogen-bond acceptors (Lipinski definition) is 6. The molecule has 8 nitrogen and oxygen atoms in total. The van der Waals surface area contributed by atoms with Gasteiger partial charge in [-0.2, -0.15) is 18.2 Å². The summed E-state index contributed by atoms with van der Waals surface area (Å²) in [4.78, 5) is 42.8. The number of nitrogens with zero attached hydrogens (tertiary/aromatic N) is 3. The van der Waals surface area contributed by atoms with Gasteiger partial charge in [0.15, 0.2) is 0 Å². The van der Waals surface area contributed by atoms with E-state index >= 15 is 0 Å². The molecule has 0 radical (unpaired) electrons. The lowest BCUT2D eigenvalue weighted by Crippen LogP contribution is -2.35. The van der Waals surface area contributed by atoms with Crippen molar-refractivity contribution in [1.82, 2.24) is 9.55 Å². The van der Waals surface area contributed by atoms with E-state index in [9.17, 15) is 31.9 Å². The van der Waals surface area contributed by atoms with Gasteiger partial charge in [0.1, 0.15) is 11.6 Å². The van der Waals surface area contributed by atoms with Crippen molar-refractivity contribution >= 4 is 34.3 Å². The molecule has 12 heteroatoms. The summed E-state index contributed by atoms with van der Waals surface area (Å²) in [7, 11) is 2.73. The van der Waals surface area contributed by atoms with Crippen LogP contribution in [0.2, 0.25) is 0 Å². The molecule has 1 N–H and O–H groups in total. The van der Waals surface area contributed by atoms with Gasteiger partial charge in [0.2, 0.25) is 5.91 Å². The third-order valence-electron chi connectivity index (χ3n) is 7.15. The lowest BCUT2D eigenvalue weighted by molar-refractivity contribution is -0.137. The molecule has 0 saturated carbocycles. The van der Waals surface area contributed by atoms with Gasteiger partial charge in [-0.05, 0) is 59.7 Å². The van der Waals surface area contributed by atoms with E-state index in [0.717, 1.165) is 5.56 Å². The fourth-order valence-corrected chi connectivity index (χ4v) is 4.84. The summed E-state index contributed by atoms with van der Waals surface area (Å²) in [5.41, 5.74) is 0.172. The van der Waals surface area contributed by atoms with Gasteiger partial charge in [0.25, 0.3) is 0 Å². The van der Waals surface area contributed by atoms with E-state index in [0.29, 0.717) is 53.7 Å². The topological polar surface area (TPSA) is 93.5 Å². The summed E-state index contributed by atoms with van der Waals surface area (Å²) in [6.07, 6.45) is -5.19. The number of halogens is 4. The largest absolute Gasteiger partial charge is 0.465 e. The molecule has 41 heavy (non-hydrogen) atoms. The highest BCUT2D eigenvalue weighted by atomic mass is 19.4. The van der Waals surface area contributed by atoms with Crippen molar-refractivity contribution in [2.45, 2.75) is 25.1 Å². The average molecular weight is 569 g/mol. The standard InChI is InChI=1S/C29H24F4N4O4/c1-36(25(38)13-18-11-20(29(31,32)33)6-10-23(18)30)21-7-3-16(4-8-21)19-14-34-26-22-9-5-17(27(39)41-2)12-24(22)35-28(40)37(26)15-19/h3-12,19,34H,13-15H2,1-2H3. The van der Waals surface area contributed by atoms with Gasteiger partial charge < -0.3 is 15.0 Å². The fourth-order valence-electron chi connectivity index (χ4n) is 4.84. The molecule has 4 aromatic rings. The van der Waals surface area contributed by atoms with Crippen molar-refractivity contribution in [2.75, 3.05) is 30.9 Å². The number of carbonyl (C=O) groups excluding carboxylic acids is 2. The van der Waals surface area contributed by atoms with E-state index in [2.05, 4.69) is 10.3 Å². The highest BCUT2D eigenvalue weighted by molar-refractivity contribution is 5.97.